The molecule has 0 aliphatic rings. The van der Waals surface area contributed by atoms with Gasteiger partial charge < -0.3 is 14.8 Å². The van der Waals surface area contributed by atoms with Gasteiger partial charge in [-0.2, -0.15) is 0 Å². The van der Waals surface area contributed by atoms with Gasteiger partial charge in [-0.1, -0.05) is 6.07 Å². The van der Waals surface area contributed by atoms with Crippen molar-refractivity contribution in [1.82, 2.24) is 5.32 Å². The Morgan fingerprint density at radius 3 is 2.72 bits per heavy atom. The first-order chi connectivity index (χ1) is 8.69. The number of hydrogen-bond donors (Lipinski definition) is 1. The zero-order valence-electron chi connectivity index (χ0n) is 11.3. The largest absolute Gasteiger partial charge is 0.490 e. The molecule has 4 heteroatoms. The van der Waals surface area contributed by atoms with Crippen molar-refractivity contribution >= 4 is 0 Å². The highest BCUT2D eigenvalue weighted by molar-refractivity contribution is 5.30. The summed E-state index contributed by atoms with van der Waals surface area (Å²) in [6.07, 6.45) is 0.766. The molecule has 102 valence electrons. The Morgan fingerprint density at radius 2 is 2.11 bits per heavy atom. The van der Waals surface area contributed by atoms with E-state index < -0.39 is 0 Å². The Morgan fingerprint density at radius 1 is 1.33 bits per heavy atom. The molecule has 0 heterocycles. The van der Waals surface area contributed by atoms with Crippen LogP contribution in [-0.4, -0.2) is 26.9 Å². The van der Waals surface area contributed by atoms with Crippen LogP contribution >= 0.6 is 0 Å². The standard InChI is InChI=1S/C14H22FNO2/c1-4-17-8-5-9-18-14-7-6-12(10-13(14)15)11(2)16-3/h6-7,10-11,16H,4-5,8-9H2,1-3H3. The van der Waals surface area contributed by atoms with Crippen LogP contribution in [0, 0.1) is 5.82 Å². The smallest absolute Gasteiger partial charge is 0.165 e. The molecule has 1 atom stereocenters. The Hall–Kier alpha value is -1.13. The van der Waals surface area contributed by atoms with Gasteiger partial charge in [0.2, 0.25) is 0 Å². The molecule has 0 spiro atoms. The molecule has 0 radical (unpaired) electrons. The summed E-state index contributed by atoms with van der Waals surface area (Å²) in [5.74, 6) is -0.00967. The predicted molar refractivity (Wildman–Crippen MR) is 70.5 cm³/mol. The molecule has 1 aromatic carbocycles. The van der Waals surface area contributed by atoms with Crippen LogP contribution in [0.5, 0.6) is 5.75 Å². The van der Waals surface area contributed by atoms with Crippen LogP contribution in [0.2, 0.25) is 0 Å². The highest BCUT2D eigenvalue weighted by atomic mass is 19.1. The summed E-state index contributed by atoms with van der Waals surface area (Å²) < 4.78 is 24.3. The number of halogens is 1. The van der Waals surface area contributed by atoms with Crippen LogP contribution in [-0.2, 0) is 4.74 Å². The highest BCUT2D eigenvalue weighted by Crippen LogP contribution is 2.21. The van der Waals surface area contributed by atoms with Crippen molar-refractivity contribution < 1.29 is 13.9 Å². The first-order valence-electron chi connectivity index (χ1n) is 6.36. The molecular weight excluding hydrogens is 233 g/mol. The number of nitrogens with one attached hydrogen (secondary N) is 1. The Bertz CT molecular complexity index is 358. The fourth-order valence-corrected chi connectivity index (χ4v) is 1.56. The number of benzene rings is 1. The van der Waals surface area contributed by atoms with E-state index in [1.807, 2.05) is 27.0 Å². The molecule has 1 unspecified atom stereocenters. The lowest BCUT2D eigenvalue weighted by molar-refractivity contribution is 0.130. The van der Waals surface area contributed by atoms with Crippen molar-refractivity contribution in [2.75, 3.05) is 26.9 Å². The van der Waals surface area contributed by atoms with Crippen molar-refractivity contribution in [2.45, 2.75) is 26.3 Å². The van der Waals surface area contributed by atoms with Crippen LogP contribution in [0.25, 0.3) is 0 Å². The lowest BCUT2D eigenvalue weighted by Crippen LogP contribution is -2.12. The summed E-state index contributed by atoms with van der Waals surface area (Å²) in [5, 5.41) is 3.07. The van der Waals surface area contributed by atoms with Gasteiger partial charge in [0.05, 0.1) is 6.61 Å². The van der Waals surface area contributed by atoms with Crippen molar-refractivity contribution in [1.29, 1.82) is 0 Å². The topological polar surface area (TPSA) is 30.5 Å². The molecule has 1 rings (SSSR count). The molecule has 1 aromatic rings. The molecular formula is C14H22FNO2. The van der Waals surface area contributed by atoms with E-state index in [1.165, 1.54) is 6.07 Å². The first kappa shape index (κ1) is 14.9. The van der Waals surface area contributed by atoms with E-state index in [9.17, 15) is 4.39 Å². The van der Waals surface area contributed by atoms with Gasteiger partial charge in [0.25, 0.3) is 0 Å². The average molecular weight is 255 g/mol. The van der Waals surface area contributed by atoms with Gasteiger partial charge in [-0.05, 0) is 38.6 Å². The van der Waals surface area contributed by atoms with E-state index >= 15 is 0 Å². The van der Waals surface area contributed by atoms with Gasteiger partial charge in [-0.25, -0.2) is 4.39 Å². The summed E-state index contributed by atoms with van der Waals surface area (Å²) in [5.41, 5.74) is 0.914. The zero-order valence-corrected chi connectivity index (χ0v) is 11.3. The molecule has 0 aromatic heterocycles. The second-order valence-corrected chi connectivity index (χ2v) is 4.10. The fraction of sp³-hybridized carbons (Fsp3) is 0.571. The first-order valence-corrected chi connectivity index (χ1v) is 6.36. The lowest BCUT2D eigenvalue weighted by Gasteiger charge is -2.13. The summed E-state index contributed by atoms with van der Waals surface area (Å²) >= 11 is 0. The van der Waals surface area contributed by atoms with Gasteiger partial charge in [0.1, 0.15) is 0 Å². The predicted octanol–water partition coefficient (Wildman–Crippen LogP) is 2.91. The minimum atomic E-state index is -0.314. The van der Waals surface area contributed by atoms with E-state index in [1.54, 1.807) is 6.07 Å². The second kappa shape index (κ2) is 8.06. The molecule has 0 amide bonds. The van der Waals surface area contributed by atoms with Crippen LogP contribution in [0.15, 0.2) is 18.2 Å². The minimum Gasteiger partial charge on any atom is -0.490 e. The lowest BCUT2D eigenvalue weighted by atomic mass is 10.1. The van der Waals surface area contributed by atoms with E-state index in [-0.39, 0.29) is 11.9 Å². The van der Waals surface area contributed by atoms with E-state index in [4.69, 9.17) is 9.47 Å². The highest BCUT2D eigenvalue weighted by Gasteiger charge is 2.08. The average Bonchev–Trinajstić information content (AvgIpc) is 2.39. The maximum absolute atomic E-state index is 13.7. The second-order valence-electron chi connectivity index (χ2n) is 4.10. The SMILES string of the molecule is CCOCCCOc1ccc(C(C)NC)cc1F. The van der Waals surface area contributed by atoms with Gasteiger partial charge in [-0.3, -0.25) is 0 Å². The Labute approximate surface area is 108 Å². The van der Waals surface area contributed by atoms with E-state index in [0.717, 1.165) is 12.0 Å². The summed E-state index contributed by atoms with van der Waals surface area (Å²) in [7, 11) is 1.85. The number of rotatable bonds is 8. The maximum atomic E-state index is 13.7. The third-order valence-corrected chi connectivity index (χ3v) is 2.78. The fourth-order valence-electron chi connectivity index (χ4n) is 1.56. The molecule has 1 N–H and O–H groups in total. The summed E-state index contributed by atoms with van der Waals surface area (Å²) in [6.45, 7) is 5.75. The van der Waals surface area contributed by atoms with Crippen LogP contribution in [0.3, 0.4) is 0 Å². The van der Waals surface area contributed by atoms with Crippen LogP contribution in [0.4, 0.5) is 4.39 Å². The maximum Gasteiger partial charge on any atom is 0.165 e. The summed E-state index contributed by atoms with van der Waals surface area (Å²) in [6, 6.07) is 5.20. The third-order valence-electron chi connectivity index (χ3n) is 2.78. The van der Waals surface area contributed by atoms with Crippen molar-refractivity contribution in [3.63, 3.8) is 0 Å². The van der Waals surface area contributed by atoms with Crippen molar-refractivity contribution in [2.24, 2.45) is 0 Å². The van der Waals surface area contributed by atoms with Gasteiger partial charge in [0, 0.05) is 25.7 Å². The van der Waals surface area contributed by atoms with Gasteiger partial charge in [0.15, 0.2) is 11.6 Å². The van der Waals surface area contributed by atoms with E-state index in [2.05, 4.69) is 5.32 Å². The molecule has 0 saturated heterocycles. The Balaban J connectivity index is 2.47. The Kier molecular flexibility index (Phi) is 6.68. The molecule has 0 saturated carbocycles. The number of ether oxygens (including phenoxy) is 2. The molecule has 0 fully saturated rings. The van der Waals surface area contributed by atoms with Crippen molar-refractivity contribution in [3.05, 3.63) is 29.6 Å². The van der Waals surface area contributed by atoms with E-state index in [0.29, 0.717) is 25.6 Å². The van der Waals surface area contributed by atoms with Crippen LogP contribution < -0.4 is 10.1 Å². The molecule has 0 aliphatic heterocycles. The van der Waals surface area contributed by atoms with Gasteiger partial charge >= 0.3 is 0 Å². The third kappa shape index (κ3) is 4.63. The minimum absolute atomic E-state index is 0.131. The molecule has 0 aliphatic carbocycles. The molecule has 0 bridgehead atoms. The van der Waals surface area contributed by atoms with Crippen LogP contribution in [0.1, 0.15) is 31.9 Å². The van der Waals surface area contributed by atoms with Crippen molar-refractivity contribution in [3.8, 4) is 5.75 Å². The summed E-state index contributed by atoms with van der Waals surface area (Å²) in [4.78, 5) is 0. The molecule has 18 heavy (non-hydrogen) atoms. The number of hydrogen-bond acceptors (Lipinski definition) is 3. The quantitative estimate of drug-likeness (QED) is 0.724. The monoisotopic (exact) mass is 255 g/mol. The van der Waals surface area contributed by atoms with Gasteiger partial charge in [-0.15, -0.1) is 0 Å². The zero-order chi connectivity index (χ0) is 13.4. The molecule has 3 nitrogen and oxygen atoms in total. The normalized spacial score (nSPS) is 12.4.